The highest BCUT2D eigenvalue weighted by Gasteiger charge is 2.35. The Balaban J connectivity index is 0.000000239. The number of carbonyl (C=O) groups is 1. The van der Waals surface area contributed by atoms with Crippen LogP contribution in [0.5, 0.6) is 5.75 Å². The summed E-state index contributed by atoms with van der Waals surface area (Å²) in [6.07, 6.45) is -2.44. The third kappa shape index (κ3) is 8.61. The number of carbonyl (C=O) groups excluding carboxylic acids is 1. The molecule has 0 spiro atoms. The van der Waals surface area contributed by atoms with E-state index in [0.717, 1.165) is 23.3 Å². The molecule has 0 saturated carbocycles. The lowest BCUT2D eigenvalue weighted by Gasteiger charge is -2.22. The van der Waals surface area contributed by atoms with Gasteiger partial charge in [-0.2, -0.15) is 0 Å². The van der Waals surface area contributed by atoms with Crippen molar-refractivity contribution in [2.75, 3.05) is 25.0 Å². The van der Waals surface area contributed by atoms with Crippen LogP contribution in [-0.4, -0.2) is 60.5 Å². The first-order valence-electron chi connectivity index (χ1n) is 12.1. The van der Waals surface area contributed by atoms with Gasteiger partial charge < -0.3 is 19.7 Å². The van der Waals surface area contributed by atoms with Gasteiger partial charge in [0.15, 0.2) is 0 Å². The van der Waals surface area contributed by atoms with Gasteiger partial charge in [-0.3, -0.25) is 30.2 Å². The minimum Gasteiger partial charge on any atom is -0.444 e. The van der Waals surface area contributed by atoms with Gasteiger partial charge in [-0.05, 0) is 44.0 Å². The molecule has 0 aliphatic carbocycles. The van der Waals surface area contributed by atoms with Crippen molar-refractivity contribution in [2.45, 2.75) is 45.8 Å². The molecule has 16 heteroatoms. The second kappa shape index (κ2) is 12.2. The van der Waals surface area contributed by atoms with Crippen molar-refractivity contribution >= 4 is 35.6 Å². The Morgan fingerprint density at radius 3 is 2.02 bits per heavy atom. The number of hydrogen-bond donors (Lipinski definition) is 1. The first-order chi connectivity index (χ1) is 19.0. The Kier molecular flexibility index (Phi) is 9.14. The number of fused-ring (bicyclic) bond motifs is 2. The molecule has 41 heavy (non-hydrogen) atoms. The molecule has 1 N–H and O–H groups in total. The zero-order chi connectivity index (χ0) is 30.5. The third-order valence-electron chi connectivity index (χ3n) is 5.59. The maximum Gasteiger partial charge on any atom is 0.573 e. The molecule has 0 aromatic heterocycles. The fraction of sp³-hybridized carbons (Fsp3) is 0.400. The van der Waals surface area contributed by atoms with Crippen molar-refractivity contribution in [1.29, 1.82) is 0 Å². The van der Waals surface area contributed by atoms with Crippen molar-refractivity contribution in [3.8, 4) is 5.75 Å². The number of nitro benzene ring substituents is 2. The molecule has 1 amide bonds. The highest BCUT2D eigenvalue weighted by atomic mass is 19.4. The first-order valence-corrected chi connectivity index (χ1v) is 12.1. The zero-order valence-electron chi connectivity index (χ0n) is 22.5. The van der Waals surface area contributed by atoms with E-state index in [0.29, 0.717) is 36.4 Å². The number of alkyl carbamates (subject to hydrolysis) is 1. The monoisotopic (exact) mass is 580 g/mol. The van der Waals surface area contributed by atoms with Gasteiger partial charge in [0.25, 0.3) is 5.69 Å². The largest absolute Gasteiger partial charge is 0.573 e. The lowest BCUT2D eigenvalue weighted by atomic mass is 10.1. The Hall–Kier alpha value is -4.76. The van der Waals surface area contributed by atoms with Crippen LogP contribution >= 0.6 is 0 Å². The number of alkyl halides is 3. The summed E-state index contributed by atoms with van der Waals surface area (Å²) in [7, 11) is 1.75. The Bertz CT molecular complexity index is 1400. The molecule has 2 aromatic carbocycles. The normalized spacial score (nSPS) is 13.0. The molecule has 4 rings (SSSR count). The number of rotatable bonds is 7. The van der Waals surface area contributed by atoms with Gasteiger partial charge in [-0.1, -0.05) is 0 Å². The van der Waals surface area contributed by atoms with Crippen molar-refractivity contribution in [2.24, 2.45) is 9.98 Å². The fourth-order valence-corrected chi connectivity index (χ4v) is 3.82. The Morgan fingerprint density at radius 2 is 1.51 bits per heavy atom. The lowest BCUT2D eigenvalue weighted by molar-refractivity contribution is -0.388. The quantitative estimate of drug-likeness (QED) is 0.357. The number of aliphatic imine (C=N–C) groups is 2. The first kappa shape index (κ1) is 30.8. The number of benzene rings is 2. The maximum absolute atomic E-state index is 12.1. The summed E-state index contributed by atoms with van der Waals surface area (Å²) in [6.45, 7) is 6.82. The molecule has 0 bridgehead atoms. The highest BCUT2D eigenvalue weighted by Crippen LogP contribution is 2.36. The Labute approximate surface area is 232 Å². The number of nitrogens with zero attached hydrogens (tertiary/aromatic N) is 5. The average molecular weight is 581 g/mol. The van der Waals surface area contributed by atoms with Gasteiger partial charge in [0.05, 0.1) is 22.9 Å². The van der Waals surface area contributed by atoms with Crippen molar-refractivity contribution in [1.82, 2.24) is 5.32 Å². The summed E-state index contributed by atoms with van der Waals surface area (Å²) in [5.74, 6) is -0.813. The van der Waals surface area contributed by atoms with Gasteiger partial charge in [-0.25, -0.2) is 4.79 Å². The van der Waals surface area contributed by atoms with E-state index in [-0.39, 0.29) is 12.2 Å². The van der Waals surface area contributed by atoms with Crippen molar-refractivity contribution in [3.05, 3.63) is 66.7 Å². The SMILES string of the molecule is CN(CCNC(=O)OC(C)(C)C)c1cc2c(cc1[N+](=O)[O-])C=NC2.O=[N+]([O-])c1cc2c(cc1OC(F)(F)F)CN=C2. The van der Waals surface area contributed by atoms with Gasteiger partial charge >= 0.3 is 18.1 Å². The second-order valence-electron chi connectivity index (χ2n) is 9.91. The number of anilines is 1. The van der Waals surface area contributed by atoms with Gasteiger partial charge in [0.1, 0.15) is 11.3 Å². The van der Waals surface area contributed by atoms with Crippen LogP contribution in [-0.2, 0) is 17.8 Å². The summed E-state index contributed by atoms with van der Waals surface area (Å²) < 4.78 is 45.0. The van der Waals surface area contributed by atoms with Crippen molar-refractivity contribution < 1.29 is 37.3 Å². The molecule has 2 aromatic rings. The molecule has 220 valence electrons. The van der Waals surface area contributed by atoms with Crippen LogP contribution in [0.2, 0.25) is 0 Å². The summed E-state index contributed by atoms with van der Waals surface area (Å²) in [5.41, 5.74) is 1.90. The highest BCUT2D eigenvalue weighted by molar-refractivity contribution is 5.88. The molecular weight excluding hydrogens is 553 g/mol. The lowest BCUT2D eigenvalue weighted by Crippen LogP contribution is -2.37. The van der Waals surface area contributed by atoms with E-state index in [2.05, 4.69) is 20.0 Å². The summed E-state index contributed by atoms with van der Waals surface area (Å²) >= 11 is 0. The number of amides is 1. The summed E-state index contributed by atoms with van der Waals surface area (Å²) in [4.78, 5) is 41.9. The second-order valence-corrected chi connectivity index (χ2v) is 9.91. The fourth-order valence-electron chi connectivity index (χ4n) is 3.82. The smallest absolute Gasteiger partial charge is 0.444 e. The van der Waals surface area contributed by atoms with E-state index in [1.54, 1.807) is 51.1 Å². The number of ether oxygens (including phenoxy) is 2. The van der Waals surface area contributed by atoms with E-state index in [1.165, 1.54) is 6.21 Å². The molecule has 0 atom stereocenters. The van der Waals surface area contributed by atoms with Crippen LogP contribution in [0.15, 0.2) is 34.3 Å². The number of hydrogen-bond acceptors (Lipinski definition) is 10. The zero-order valence-corrected chi connectivity index (χ0v) is 22.5. The van der Waals surface area contributed by atoms with E-state index < -0.39 is 39.3 Å². The van der Waals surface area contributed by atoms with Crippen LogP contribution in [0.4, 0.5) is 35.0 Å². The molecule has 0 unspecified atom stereocenters. The van der Waals surface area contributed by atoms with Crippen LogP contribution < -0.4 is 15.0 Å². The molecular formula is C25H27F3N6O7. The molecule has 2 aliphatic heterocycles. The molecule has 0 saturated heterocycles. The van der Waals surface area contributed by atoms with Crippen LogP contribution in [0.3, 0.4) is 0 Å². The van der Waals surface area contributed by atoms with E-state index in [9.17, 15) is 38.2 Å². The molecule has 0 fully saturated rings. The number of likely N-dealkylation sites (N-methyl/N-ethyl adjacent to an activating group) is 1. The van der Waals surface area contributed by atoms with E-state index >= 15 is 0 Å². The minimum absolute atomic E-state index is 0.0295. The molecule has 2 heterocycles. The maximum atomic E-state index is 12.1. The van der Waals surface area contributed by atoms with Crippen molar-refractivity contribution in [3.63, 3.8) is 0 Å². The third-order valence-corrected chi connectivity index (χ3v) is 5.59. The predicted octanol–water partition coefficient (Wildman–Crippen LogP) is 4.91. The standard InChI is InChI=1S/C16H22N4O4.C9H5F3N2O3/c1-16(2,3)24-15(21)18-5-6-19(4)13-7-11-9-17-10-12(11)8-14(13)20(22)23;10-9(11,12)17-8-2-6-4-13-3-5(6)1-7(8)14(15)16/h7-8,10H,5-6,9H2,1-4H3,(H,18,21);1-3H,4H2. The summed E-state index contributed by atoms with van der Waals surface area (Å²) in [5, 5.41) is 24.6. The molecule has 13 nitrogen and oxygen atoms in total. The topological polar surface area (TPSA) is 162 Å². The molecule has 2 aliphatic rings. The van der Waals surface area contributed by atoms with Gasteiger partial charge in [-0.15, -0.1) is 13.2 Å². The number of nitrogens with one attached hydrogen (secondary N) is 1. The predicted molar refractivity (Wildman–Crippen MR) is 143 cm³/mol. The summed E-state index contributed by atoms with van der Waals surface area (Å²) in [6, 6.07) is 5.34. The van der Waals surface area contributed by atoms with E-state index in [1.807, 2.05) is 0 Å². The van der Waals surface area contributed by atoms with Gasteiger partial charge in [0.2, 0.25) is 5.75 Å². The average Bonchev–Trinajstić information content (AvgIpc) is 3.49. The van der Waals surface area contributed by atoms with Crippen LogP contribution in [0.25, 0.3) is 0 Å². The number of nitro groups is 2. The van der Waals surface area contributed by atoms with E-state index in [4.69, 9.17) is 4.74 Å². The number of halogens is 3. The van der Waals surface area contributed by atoms with Crippen LogP contribution in [0.1, 0.15) is 43.0 Å². The Morgan fingerprint density at radius 1 is 0.976 bits per heavy atom. The molecule has 0 radical (unpaired) electrons. The van der Waals surface area contributed by atoms with Crippen LogP contribution in [0, 0.1) is 20.2 Å². The van der Waals surface area contributed by atoms with Gasteiger partial charge in [0, 0.05) is 55.8 Å². The minimum atomic E-state index is -4.96.